The third-order valence-electron chi connectivity index (χ3n) is 4.17. The van der Waals surface area contributed by atoms with Crippen molar-refractivity contribution in [3.8, 4) is 5.75 Å². The van der Waals surface area contributed by atoms with Crippen LogP contribution in [0.4, 0.5) is 0 Å². The Balaban J connectivity index is 2.01. The van der Waals surface area contributed by atoms with E-state index in [1.165, 1.54) is 10.5 Å². The van der Waals surface area contributed by atoms with Gasteiger partial charge in [0.15, 0.2) is 0 Å². The molecule has 1 aromatic carbocycles. The van der Waals surface area contributed by atoms with Crippen LogP contribution in [0.2, 0.25) is 0 Å². The number of benzene rings is 1. The summed E-state index contributed by atoms with van der Waals surface area (Å²) in [6, 6.07) is 4.26. The predicted molar refractivity (Wildman–Crippen MR) is 73.5 cm³/mol. The molecule has 0 saturated carbocycles. The number of likely N-dealkylation sites (N-methyl/N-ethyl adjacent to an activating group) is 1. The number of ether oxygens (including phenoxy) is 1. The highest BCUT2D eigenvalue weighted by Crippen LogP contribution is 2.38. The molecule has 2 aliphatic rings. The van der Waals surface area contributed by atoms with E-state index in [0.717, 1.165) is 31.6 Å². The minimum atomic E-state index is 0.281. The highest BCUT2D eigenvalue weighted by Gasteiger charge is 2.36. The van der Waals surface area contributed by atoms with Gasteiger partial charge in [-0.2, -0.15) is 0 Å². The van der Waals surface area contributed by atoms with Crippen LogP contribution in [-0.2, 0) is 17.6 Å². The summed E-state index contributed by atoms with van der Waals surface area (Å²) < 4.78 is 5.92. The van der Waals surface area contributed by atoms with Crippen molar-refractivity contribution in [1.29, 1.82) is 0 Å². The van der Waals surface area contributed by atoms with Crippen molar-refractivity contribution in [3.05, 3.63) is 23.3 Å². The van der Waals surface area contributed by atoms with Crippen LogP contribution in [0.1, 0.15) is 11.1 Å². The standard InChI is InChI=1S/C14H19NO2S/c1-15-5-6-17-13-8-10-9(7-11(13)15)12(16)3-4-14(10)18-2/h3-4,11,13,16H,5-8H2,1-2H3/t11-,13-/m1/s1. The van der Waals surface area contributed by atoms with Gasteiger partial charge in [0.1, 0.15) is 5.75 Å². The molecular formula is C14H19NO2S. The van der Waals surface area contributed by atoms with Gasteiger partial charge >= 0.3 is 0 Å². The number of phenols is 1. The van der Waals surface area contributed by atoms with Crippen molar-refractivity contribution in [1.82, 2.24) is 4.90 Å². The molecule has 0 unspecified atom stereocenters. The van der Waals surface area contributed by atoms with Crippen LogP contribution in [0.5, 0.6) is 5.75 Å². The topological polar surface area (TPSA) is 32.7 Å². The summed E-state index contributed by atoms with van der Waals surface area (Å²) in [6.07, 6.45) is 4.20. The molecule has 0 aromatic heterocycles. The van der Waals surface area contributed by atoms with Crippen LogP contribution in [0, 0.1) is 0 Å². The van der Waals surface area contributed by atoms with Crippen LogP contribution in [0.3, 0.4) is 0 Å². The van der Waals surface area contributed by atoms with Crippen LogP contribution in [0.25, 0.3) is 0 Å². The summed E-state index contributed by atoms with van der Waals surface area (Å²) in [6.45, 7) is 1.81. The summed E-state index contributed by atoms with van der Waals surface area (Å²) in [5.74, 6) is 0.445. The van der Waals surface area contributed by atoms with Gasteiger partial charge in [0.05, 0.1) is 12.7 Å². The average Bonchev–Trinajstić information content (AvgIpc) is 2.38. The highest BCUT2D eigenvalue weighted by atomic mass is 32.2. The number of phenolic OH excluding ortho intramolecular Hbond substituents is 1. The zero-order chi connectivity index (χ0) is 12.7. The molecule has 1 heterocycles. The van der Waals surface area contributed by atoms with Gasteiger partial charge < -0.3 is 9.84 Å². The molecule has 1 aliphatic heterocycles. The fourth-order valence-corrected chi connectivity index (χ4v) is 3.76. The molecule has 4 heteroatoms. The Hall–Kier alpha value is -0.710. The Labute approximate surface area is 112 Å². The molecular weight excluding hydrogens is 246 g/mol. The Morgan fingerprint density at radius 1 is 1.33 bits per heavy atom. The molecule has 0 amide bonds. The maximum atomic E-state index is 10.1. The largest absolute Gasteiger partial charge is 0.508 e. The number of fused-ring (bicyclic) bond motifs is 2. The fourth-order valence-electron chi connectivity index (χ4n) is 3.10. The van der Waals surface area contributed by atoms with Gasteiger partial charge in [0, 0.05) is 23.9 Å². The van der Waals surface area contributed by atoms with E-state index < -0.39 is 0 Å². The highest BCUT2D eigenvalue weighted by molar-refractivity contribution is 7.98. The lowest BCUT2D eigenvalue weighted by Crippen LogP contribution is -2.53. The molecule has 1 fully saturated rings. The molecule has 1 saturated heterocycles. The number of hydrogen-bond donors (Lipinski definition) is 1. The summed E-state index contributed by atoms with van der Waals surface area (Å²) in [5.41, 5.74) is 2.42. The lowest BCUT2D eigenvalue weighted by Gasteiger charge is -2.43. The van der Waals surface area contributed by atoms with Crippen molar-refractivity contribution in [2.75, 3.05) is 26.5 Å². The molecule has 1 N–H and O–H groups in total. The first-order chi connectivity index (χ1) is 8.70. The Kier molecular flexibility index (Phi) is 3.26. The lowest BCUT2D eigenvalue weighted by atomic mass is 9.84. The second-order valence-corrected chi connectivity index (χ2v) is 5.96. The third kappa shape index (κ3) is 1.92. The Morgan fingerprint density at radius 2 is 2.17 bits per heavy atom. The monoisotopic (exact) mass is 265 g/mol. The number of rotatable bonds is 1. The van der Waals surface area contributed by atoms with Crippen LogP contribution < -0.4 is 0 Å². The number of hydrogen-bond acceptors (Lipinski definition) is 4. The third-order valence-corrected chi connectivity index (χ3v) is 5.00. The number of morpholine rings is 1. The molecule has 3 nitrogen and oxygen atoms in total. The molecule has 0 radical (unpaired) electrons. The van der Waals surface area contributed by atoms with Crippen molar-refractivity contribution >= 4 is 11.8 Å². The molecule has 1 aromatic rings. The van der Waals surface area contributed by atoms with Gasteiger partial charge in [-0.1, -0.05) is 0 Å². The smallest absolute Gasteiger partial charge is 0.119 e. The van der Waals surface area contributed by atoms with E-state index in [1.54, 1.807) is 11.8 Å². The Morgan fingerprint density at radius 3 is 2.94 bits per heavy atom. The predicted octanol–water partition coefficient (Wildman–Crippen LogP) is 1.91. The molecule has 3 rings (SSSR count). The van der Waals surface area contributed by atoms with E-state index in [1.807, 2.05) is 12.1 Å². The zero-order valence-corrected chi connectivity index (χ0v) is 11.7. The zero-order valence-electron chi connectivity index (χ0n) is 10.8. The molecule has 0 bridgehead atoms. The number of nitrogens with zero attached hydrogens (tertiary/aromatic N) is 1. The van der Waals surface area contributed by atoms with Crippen molar-refractivity contribution < 1.29 is 9.84 Å². The SMILES string of the molecule is CSc1ccc(O)c2c1C[C@H]1OCCN(C)[C@@H]1C2. The normalized spacial score (nSPS) is 27.7. The minimum absolute atomic E-state index is 0.281. The van der Waals surface area contributed by atoms with E-state index >= 15 is 0 Å². The average molecular weight is 265 g/mol. The molecule has 2 atom stereocenters. The molecule has 0 spiro atoms. The minimum Gasteiger partial charge on any atom is -0.508 e. The summed E-state index contributed by atoms with van der Waals surface area (Å²) in [4.78, 5) is 3.64. The summed E-state index contributed by atoms with van der Waals surface area (Å²) in [7, 11) is 2.15. The van der Waals surface area contributed by atoms with Crippen LogP contribution >= 0.6 is 11.8 Å². The van der Waals surface area contributed by atoms with Gasteiger partial charge in [-0.25, -0.2) is 0 Å². The quantitative estimate of drug-likeness (QED) is 0.786. The summed E-state index contributed by atoms with van der Waals surface area (Å²) in [5, 5.41) is 10.1. The van der Waals surface area contributed by atoms with Gasteiger partial charge in [-0.3, -0.25) is 4.90 Å². The van der Waals surface area contributed by atoms with Crippen LogP contribution in [0.15, 0.2) is 17.0 Å². The van der Waals surface area contributed by atoms with E-state index in [0.29, 0.717) is 11.8 Å². The van der Waals surface area contributed by atoms with Crippen molar-refractivity contribution in [2.24, 2.45) is 0 Å². The van der Waals surface area contributed by atoms with E-state index in [9.17, 15) is 5.11 Å². The molecule has 98 valence electrons. The number of aromatic hydroxyl groups is 1. The first-order valence-corrected chi connectivity index (χ1v) is 7.62. The van der Waals surface area contributed by atoms with Crippen molar-refractivity contribution in [2.45, 2.75) is 29.9 Å². The molecule has 1 aliphatic carbocycles. The Bertz CT molecular complexity index is 463. The van der Waals surface area contributed by atoms with Crippen LogP contribution in [-0.4, -0.2) is 48.6 Å². The van der Waals surface area contributed by atoms with E-state index in [2.05, 4.69) is 18.2 Å². The van der Waals surface area contributed by atoms with Gasteiger partial charge in [0.2, 0.25) is 0 Å². The fraction of sp³-hybridized carbons (Fsp3) is 0.571. The van der Waals surface area contributed by atoms with E-state index in [4.69, 9.17) is 4.74 Å². The lowest BCUT2D eigenvalue weighted by molar-refractivity contribution is -0.0649. The van der Waals surface area contributed by atoms with Gasteiger partial charge in [0.25, 0.3) is 0 Å². The summed E-state index contributed by atoms with van der Waals surface area (Å²) >= 11 is 1.75. The molecule has 18 heavy (non-hydrogen) atoms. The van der Waals surface area contributed by atoms with Crippen molar-refractivity contribution in [3.63, 3.8) is 0 Å². The van der Waals surface area contributed by atoms with E-state index in [-0.39, 0.29) is 6.10 Å². The maximum absolute atomic E-state index is 10.1. The first-order valence-electron chi connectivity index (χ1n) is 6.40. The maximum Gasteiger partial charge on any atom is 0.119 e. The second-order valence-electron chi connectivity index (χ2n) is 5.11. The second kappa shape index (κ2) is 4.76. The van der Waals surface area contributed by atoms with Gasteiger partial charge in [-0.15, -0.1) is 11.8 Å². The first kappa shape index (κ1) is 12.3. The number of thioether (sulfide) groups is 1. The van der Waals surface area contributed by atoms with Gasteiger partial charge in [-0.05, 0) is 43.0 Å².